The van der Waals surface area contributed by atoms with Gasteiger partial charge in [-0.15, -0.1) is 11.3 Å². The maximum atomic E-state index is 12.7. The normalized spacial score (nSPS) is 15.0. The van der Waals surface area contributed by atoms with E-state index in [0.717, 1.165) is 15.1 Å². The lowest BCUT2D eigenvalue weighted by molar-refractivity contribution is -0.147. The number of imidazole rings is 1. The van der Waals surface area contributed by atoms with E-state index in [1.165, 1.54) is 4.31 Å². The third-order valence-corrected chi connectivity index (χ3v) is 9.08. The highest BCUT2D eigenvalue weighted by Gasteiger charge is 2.31. The van der Waals surface area contributed by atoms with E-state index in [2.05, 4.69) is 35.9 Å². The number of carbonyl (C=O) groups is 2. The summed E-state index contributed by atoms with van der Waals surface area (Å²) in [5.41, 5.74) is 11.9. The standard InChI is InChI=1S/C18H21BrN8O5S2/c19-10-1-4-14(33-10)34(30,31)27-7-5-26(6-8-27)12(28)2-3-13(29)32-9-11-22-15-16(20)24-18(21)25-17(15)23-11/h1,4H,2-3,5-9H2,(H5,20,21,22,23,24,25). The zero-order valence-corrected chi connectivity index (χ0v) is 20.9. The van der Waals surface area contributed by atoms with Gasteiger partial charge in [0, 0.05) is 32.6 Å². The predicted octanol–water partition coefficient (Wildman–Crippen LogP) is 0.698. The van der Waals surface area contributed by atoms with Crippen LogP contribution in [0.25, 0.3) is 11.2 Å². The molecule has 0 saturated carbocycles. The number of carbonyl (C=O) groups excluding carboxylic acids is 2. The Labute approximate surface area is 206 Å². The molecule has 0 spiro atoms. The number of H-pyrrole nitrogens is 1. The molecule has 3 aromatic rings. The Morgan fingerprint density at radius 1 is 1.12 bits per heavy atom. The number of ether oxygens (including phenoxy) is 1. The second kappa shape index (κ2) is 9.81. The van der Waals surface area contributed by atoms with Crippen LogP contribution in [0.5, 0.6) is 0 Å². The van der Waals surface area contributed by atoms with Crippen molar-refractivity contribution >= 4 is 72.1 Å². The third-order valence-electron chi connectivity index (χ3n) is 5.09. The van der Waals surface area contributed by atoms with Crippen molar-refractivity contribution < 1.29 is 22.7 Å². The van der Waals surface area contributed by atoms with Crippen LogP contribution in [-0.4, -0.2) is 75.6 Å². The smallest absolute Gasteiger partial charge is 0.306 e. The highest BCUT2D eigenvalue weighted by molar-refractivity contribution is 9.11. The van der Waals surface area contributed by atoms with E-state index in [1.54, 1.807) is 17.0 Å². The van der Waals surface area contributed by atoms with Crippen molar-refractivity contribution in [1.29, 1.82) is 0 Å². The van der Waals surface area contributed by atoms with Crippen molar-refractivity contribution in [2.75, 3.05) is 37.6 Å². The van der Waals surface area contributed by atoms with Gasteiger partial charge in [0.2, 0.25) is 11.9 Å². The maximum absolute atomic E-state index is 12.7. The van der Waals surface area contributed by atoms with E-state index >= 15 is 0 Å². The van der Waals surface area contributed by atoms with Crippen LogP contribution in [0.3, 0.4) is 0 Å². The maximum Gasteiger partial charge on any atom is 0.306 e. The summed E-state index contributed by atoms with van der Waals surface area (Å²) >= 11 is 4.41. The van der Waals surface area contributed by atoms with Crippen molar-refractivity contribution in [3.8, 4) is 0 Å². The number of piperazine rings is 1. The first-order valence-electron chi connectivity index (χ1n) is 10.1. The fourth-order valence-electron chi connectivity index (χ4n) is 3.38. The summed E-state index contributed by atoms with van der Waals surface area (Å²) in [5.74, 6) is -0.380. The van der Waals surface area contributed by atoms with Crippen LogP contribution in [0.1, 0.15) is 18.7 Å². The number of thiophene rings is 1. The van der Waals surface area contributed by atoms with E-state index in [0.29, 0.717) is 11.3 Å². The Kier molecular flexibility index (Phi) is 7.01. The summed E-state index contributed by atoms with van der Waals surface area (Å²) in [7, 11) is -3.59. The molecule has 16 heteroatoms. The summed E-state index contributed by atoms with van der Waals surface area (Å²) in [6.07, 6.45) is -0.159. The van der Waals surface area contributed by atoms with Crippen molar-refractivity contribution in [3.63, 3.8) is 0 Å². The zero-order valence-electron chi connectivity index (χ0n) is 17.7. The monoisotopic (exact) mass is 572 g/mol. The number of hydrogen-bond donors (Lipinski definition) is 3. The molecule has 0 bridgehead atoms. The number of anilines is 2. The Hall–Kier alpha value is -2.82. The molecule has 1 fully saturated rings. The summed E-state index contributed by atoms with van der Waals surface area (Å²) in [4.78, 5) is 40.9. The molecule has 4 rings (SSSR count). The molecule has 0 radical (unpaired) electrons. The van der Waals surface area contributed by atoms with Crippen molar-refractivity contribution in [2.24, 2.45) is 0 Å². The van der Waals surface area contributed by atoms with Gasteiger partial charge in [-0.25, -0.2) is 13.4 Å². The van der Waals surface area contributed by atoms with Gasteiger partial charge in [0.15, 0.2) is 11.5 Å². The van der Waals surface area contributed by atoms with Gasteiger partial charge >= 0.3 is 5.97 Å². The molecular formula is C18H21BrN8O5S2. The lowest BCUT2D eigenvalue weighted by atomic mass is 10.2. The topological polar surface area (TPSA) is 190 Å². The van der Waals surface area contributed by atoms with Crippen LogP contribution < -0.4 is 11.5 Å². The lowest BCUT2D eigenvalue weighted by Gasteiger charge is -2.33. The fraction of sp³-hybridized carbons (Fsp3) is 0.389. The molecule has 182 valence electrons. The number of nitrogens with one attached hydrogen (secondary N) is 1. The van der Waals surface area contributed by atoms with Crippen molar-refractivity contribution in [1.82, 2.24) is 29.1 Å². The number of sulfonamides is 1. The summed E-state index contributed by atoms with van der Waals surface area (Å²) in [5, 5.41) is 0. The quantitative estimate of drug-likeness (QED) is 0.339. The minimum atomic E-state index is -3.59. The molecule has 34 heavy (non-hydrogen) atoms. The molecule has 0 atom stereocenters. The number of rotatable bonds is 7. The molecule has 1 aliphatic rings. The molecule has 4 heterocycles. The minimum absolute atomic E-state index is 0.0171. The Balaban J connectivity index is 1.23. The number of halogens is 1. The van der Waals surface area contributed by atoms with E-state index < -0.39 is 16.0 Å². The summed E-state index contributed by atoms with van der Waals surface area (Å²) in [6, 6.07) is 3.24. The van der Waals surface area contributed by atoms with Crippen LogP contribution in [0.4, 0.5) is 11.8 Å². The summed E-state index contributed by atoms with van der Waals surface area (Å²) in [6.45, 7) is 0.736. The lowest BCUT2D eigenvalue weighted by Crippen LogP contribution is -2.50. The molecular weight excluding hydrogens is 552 g/mol. The second-order valence-electron chi connectivity index (χ2n) is 7.35. The summed E-state index contributed by atoms with van der Waals surface area (Å²) < 4.78 is 32.9. The van der Waals surface area contributed by atoms with E-state index in [-0.39, 0.29) is 73.2 Å². The number of aromatic amines is 1. The number of nitrogens with zero attached hydrogens (tertiary/aromatic N) is 5. The minimum Gasteiger partial charge on any atom is -0.458 e. The average molecular weight is 573 g/mol. The number of hydrogen-bond acceptors (Lipinski definition) is 11. The Bertz CT molecular complexity index is 1330. The molecule has 0 aliphatic carbocycles. The number of amides is 1. The molecule has 3 aromatic heterocycles. The van der Waals surface area contributed by atoms with Gasteiger partial charge in [-0.1, -0.05) is 0 Å². The van der Waals surface area contributed by atoms with Crippen molar-refractivity contribution in [3.05, 3.63) is 21.7 Å². The average Bonchev–Trinajstić information content (AvgIpc) is 3.42. The predicted molar refractivity (Wildman–Crippen MR) is 127 cm³/mol. The zero-order chi connectivity index (χ0) is 24.5. The highest BCUT2D eigenvalue weighted by atomic mass is 79.9. The van der Waals surface area contributed by atoms with Gasteiger partial charge in [0.25, 0.3) is 10.0 Å². The van der Waals surface area contributed by atoms with Gasteiger partial charge in [0.05, 0.1) is 10.2 Å². The van der Waals surface area contributed by atoms with Gasteiger partial charge in [-0.05, 0) is 28.1 Å². The first-order chi connectivity index (χ1) is 16.1. The van der Waals surface area contributed by atoms with E-state index in [9.17, 15) is 18.0 Å². The first kappa shape index (κ1) is 24.3. The van der Waals surface area contributed by atoms with Crippen LogP contribution in [0, 0.1) is 0 Å². The van der Waals surface area contributed by atoms with Crippen LogP contribution in [-0.2, 0) is 31.0 Å². The van der Waals surface area contributed by atoms with Crippen LogP contribution >= 0.6 is 27.3 Å². The Morgan fingerprint density at radius 2 is 1.85 bits per heavy atom. The number of aromatic nitrogens is 4. The molecule has 5 N–H and O–H groups in total. The van der Waals surface area contributed by atoms with Crippen LogP contribution in [0.15, 0.2) is 20.1 Å². The van der Waals surface area contributed by atoms with Gasteiger partial charge in [0.1, 0.15) is 22.2 Å². The van der Waals surface area contributed by atoms with Gasteiger partial charge < -0.3 is 26.1 Å². The molecule has 13 nitrogen and oxygen atoms in total. The van der Waals surface area contributed by atoms with E-state index in [4.69, 9.17) is 16.2 Å². The number of nitrogen functional groups attached to an aromatic ring is 2. The van der Waals surface area contributed by atoms with Gasteiger partial charge in [-0.2, -0.15) is 14.3 Å². The van der Waals surface area contributed by atoms with Gasteiger partial charge in [-0.3, -0.25) is 9.59 Å². The molecule has 0 unspecified atom stereocenters. The molecule has 1 aliphatic heterocycles. The number of fused-ring (bicyclic) bond motifs is 1. The Morgan fingerprint density at radius 3 is 2.53 bits per heavy atom. The highest BCUT2D eigenvalue weighted by Crippen LogP contribution is 2.29. The third kappa shape index (κ3) is 5.29. The number of nitrogens with two attached hydrogens (primary N) is 2. The van der Waals surface area contributed by atoms with E-state index in [1.807, 2.05) is 0 Å². The molecule has 1 amide bonds. The first-order valence-corrected chi connectivity index (χ1v) is 13.1. The fourth-order valence-corrected chi connectivity index (χ4v) is 6.97. The molecule has 0 aromatic carbocycles. The number of esters is 1. The van der Waals surface area contributed by atoms with Crippen molar-refractivity contribution in [2.45, 2.75) is 23.7 Å². The second-order valence-corrected chi connectivity index (χ2v) is 12.0. The SMILES string of the molecule is Nc1nc(N)c2[nH]c(COC(=O)CCC(=O)N3CCN(S(=O)(=O)c4ccc(Br)s4)CC3)nc2n1. The van der Waals surface area contributed by atoms with Crippen LogP contribution in [0.2, 0.25) is 0 Å². The largest absolute Gasteiger partial charge is 0.458 e. The molecule has 1 saturated heterocycles.